The SMILES string of the molecule is CCCCCCCCCCCCCC(=O)OC[C@H](COP(=O)(O)OC[C@H](O)COP(=O)(O)OC[C@@H](COC(=O)CCCCCCCCCCCCCCCCCC(C)C)OC(=O)CCCCCCCCCCCCCCCCCCCCC(C)C)OC(=O)CCCCCCCCCCCCCC(C)C. The van der Waals surface area contributed by atoms with Gasteiger partial charge in [0.2, 0.25) is 0 Å². The van der Waals surface area contributed by atoms with Crippen LogP contribution in [0.2, 0.25) is 0 Å². The summed E-state index contributed by atoms with van der Waals surface area (Å²) < 4.78 is 68.9. The zero-order valence-corrected chi connectivity index (χ0v) is 70.3. The molecule has 0 aromatic heterocycles. The van der Waals surface area contributed by atoms with E-state index in [1.54, 1.807) is 0 Å². The van der Waals surface area contributed by atoms with Gasteiger partial charge in [0.25, 0.3) is 0 Å². The van der Waals surface area contributed by atoms with Crippen LogP contribution in [0.1, 0.15) is 447 Å². The highest BCUT2D eigenvalue weighted by Crippen LogP contribution is 2.45. The van der Waals surface area contributed by atoms with E-state index >= 15 is 0 Å². The molecule has 17 nitrogen and oxygen atoms in total. The van der Waals surface area contributed by atoms with E-state index in [9.17, 15) is 43.2 Å². The van der Waals surface area contributed by atoms with E-state index in [0.717, 1.165) is 108 Å². The maximum atomic E-state index is 13.1. The first-order valence-electron chi connectivity index (χ1n) is 43.8. The smallest absolute Gasteiger partial charge is 0.462 e. The van der Waals surface area contributed by atoms with E-state index in [2.05, 4.69) is 48.5 Å². The molecule has 0 saturated carbocycles. The third kappa shape index (κ3) is 78.2. The van der Waals surface area contributed by atoms with Crippen molar-refractivity contribution in [3.8, 4) is 0 Å². The van der Waals surface area contributed by atoms with Gasteiger partial charge in [-0.05, 0) is 43.4 Å². The zero-order chi connectivity index (χ0) is 76.5. The Labute approximate surface area is 638 Å². The standard InChI is InChI=1S/C85H166O17P2/c1-8-9-10-11-12-13-28-38-45-52-59-66-82(87)95-72-80(102-85(90)69-62-55-48-41-34-27-31-37-44-51-58-65-78(6)7)74-99-103(91,92)97-70-79(86)71-98-104(93,94)100-75-81(73-96-83(88)67-60-53-46-39-32-25-22-18-20-24-30-36-43-50-57-64-77(4)5)101-84(89)68-61-54-47-40-33-26-21-17-15-14-16-19-23-29-35-42-49-56-63-76(2)3/h76-81,86H,8-75H2,1-7H3,(H,91,92)(H,93,94)/t79-,80+,81+/m0/s1. The summed E-state index contributed by atoms with van der Waals surface area (Å²) in [7, 11) is -9.93. The molecule has 5 atom stereocenters. The fourth-order valence-corrected chi connectivity index (χ4v) is 14.8. The Morgan fingerprint density at radius 3 is 0.654 bits per heavy atom. The lowest BCUT2D eigenvalue weighted by molar-refractivity contribution is -0.161. The first kappa shape index (κ1) is 102. The molecule has 0 spiro atoms. The quantitative estimate of drug-likeness (QED) is 0.0222. The highest BCUT2D eigenvalue weighted by Gasteiger charge is 2.30. The minimum absolute atomic E-state index is 0.107. The predicted octanol–water partition coefficient (Wildman–Crippen LogP) is 25.7. The number of phosphoric ester groups is 2. The lowest BCUT2D eigenvalue weighted by Crippen LogP contribution is -2.30. The van der Waals surface area contributed by atoms with Crippen LogP contribution in [0.4, 0.5) is 0 Å². The Kier molecular flexibility index (Phi) is 73.7. The number of hydrogen-bond donors (Lipinski definition) is 3. The second kappa shape index (κ2) is 75.1. The van der Waals surface area contributed by atoms with Crippen LogP contribution in [0.5, 0.6) is 0 Å². The van der Waals surface area contributed by atoms with Gasteiger partial charge in [-0.15, -0.1) is 0 Å². The summed E-state index contributed by atoms with van der Waals surface area (Å²) in [5.41, 5.74) is 0. The molecule has 104 heavy (non-hydrogen) atoms. The number of carbonyl (C=O) groups is 4. The Balaban J connectivity index is 5.24. The van der Waals surface area contributed by atoms with Gasteiger partial charge < -0.3 is 33.8 Å². The molecule has 618 valence electrons. The lowest BCUT2D eigenvalue weighted by Gasteiger charge is -2.21. The molecular formula is C85H166O17P2. The number of carbonyl (C=O) groups excluding carboxylic acids is 4. The molecular weight excluding hydrogens is 1350 g/mol. The Bertz CT molecular complexity index is 2010. The van der Waals surface area contributed by atoms with Gasteiger partial charge in [-0.1, -0.05) is 395 Å². The molecule has 0 aliphatic carbocycles. The molecule has 0 heterocycles. The van der Waals surface area contributed by atoms with E-state index in [4.69, 9.17) is 37.0 Å². The fourth-order valence-electron chi connectivity index (χ4n) is 13.2. The van der Waals surface area contributed by atoms with Crippen LogP contribution in [0.15, 0.2) is 0 Å². The summed E-state index contributed by atoms with van der Waals surface area (Å²) in [6.45, 7) is 12.0. The van der Waals surface area contributed by atoms with Crippen molar-refractivity contribution in [3.05, 3.63) is 0 Å². The summed E-state index contributed by atoms with van der Waals surface area (Å²) in [5.74, 6) is 0.287. The summed E-state index contributed by atoms with van der Waals surface area (Å²) in [5, 5.41) is 10.7. The van der Waals surface area contributed by atoms with E-state index < -0.39 is 97.5 Å². The molecule has 0 saturated heterocycles. The maximum absolute atomic E-state index is 13.1. The molecule has 0 radical (unpaired) electrons. The Morgan fingerprint density at radius 2 is 0.442 bits per heavy atom. The molecule has 0 aromatic rings. The minimum Gasteiger partial charge on any atom is -0.462 e. The van der Waals surface area contributed by atoms with Crippen molar-refractivity contribution in [1.82, 2.24) is 0 Å². The lowest BCUT2D eigenvalue weighted by atomic mass is 10.0. The van der Waals surface area contributed by atoms with Gasteiger partial charge in [0.05, 0.1) is 26.4 Å². The molecule has 19 heteroatoms. The van der Waals surface area contributed by atoms with Gasteiger partial charge in [0, 0.05) is 25.7 Å². The normalized spacial score (nSPS) is 13.9. The highest BCUT2D eigenvalue weighted by molar-refractivity contribution is 7.47. The van der Waals surface area contributed by atoms with E-state index in [1.165, 1.54) is 257 Å². The van der Waals surface area contributed by atoms with Crippen LogP contribution >= 0.6 is 15.6 Å². The molecule has 0 bridgehead atoms. The molecule has 0 fully saturated rings. The topological polar surface area (TPSA) is 237 Å². The average Bonchev–Trinajstić information content (AvgIpc) is 0.902. The van der Waals surface area contributed by atoms with Crippen molar-refractivity contribution in [2.45, 2.75) is 465 Å². The monoisotopic (exact) mass is 1520 g/mol. The van der Waals surface area contributed by atoms with Crippen molar-refractivity contribution in [2.24, 2.45) is 17.8 Å². The van der Waals surface area contributed by atoms with Gasteiger partial charge in [-0.3, -0.25) is 37.3 Å². The molecule has 0 rings (SSSR count). The third-order valence-corrected chi connectivity index (χ3v) is 21.8. The largest absolute Gasteiger partial charge is 0.472 e. The third-order valence-electron chi connectivity index (χ3n) is 19.9. The van der Waals surface area contributed by atoms with Gasteiger partial charge in [0.1, 0.15) is 19.3 Å². The fraction of sp³-hybridized carbons (Fsp3) is 0.953. The summed E-state index contributed by atoms with van der Waals surface area (Å²) in [6, 6.07) is 0. The first-order chi connectivity index (χ1) is 50.2. The summed E-state index contributed by atoms with van der Waals surface area (Å²) in [4.78, 5) is 73.2. The van der Waals surface area contributed by atoms with Crippen LogP contribution in [-0.2, 0) is 65.4 Å². The van der Waals surface area contributed by atoms with Crippen LogP contribution in [0.25, 0.3) is 0 Å². The van der Waals surface area contributed by atoms with Crippen molar-refractivity contribution in [1.29, 1.82) is 0 Å². The van der Waals surface area contributed by atoms with Crippen LogP contribution in [0, 0.1) is 17.8 Å². The predicted molar refractivity (Wildman–Crippen MR) is 428 cm³/mol. The van der Waals surface area contributed by atoms with Crippen molar-refractivity contribution < 1.29 is 80.2 Å². The van der Waals surface area contributed by atoms with E-state index in [0.29, 0.717) is 25.7 Å². The highest BCUT2D eigenvalue weighted by atomic mass is 31.2. The number of aliphatic hydroxyl groups excluding tert-OH is 1. The van der Waals surface area contributed by atoms with Crippen LogP contribution in [-0.4, -0.2) is 96.7 Å². The number of esters is 4. The minimum atomic E-state index is -4.97. The number of rotatable bonds is 83. The summed E-state index contributed by atoms with van der Waals surface area (Å²) in [6.07, 6.45) is 65.2. The van der Waals surface area contributed by atoms with Crippen molar-refractivity contribution in [2.75, 3.05) is 39.6 Å². The molecule has 0 amide bonds. The number of unbranched alkanes of at least 4 members (excludes halogenated alkanes) is 51. The van der Waals surface area contributed by atoms with Gasteiger partial charge >= 0.3 is 39.5 Å². The van der Waals surface area contributed by atoms with Gasteiger partial charge in [-0.2, -0.15) is 0 Å². The van der Waals surface area contributed by atoms with Crippen LogP contribution in [0.3, 0.4) is 0 Å². The number of ether oxygens (including phenoxy) is 4. The van der Waals surface area contributed by atoms with Crippen molar-refractivity contribution in [3.63, 3.8) is 0 Å². The van der Waals surface area contributed by atoms with Crippen molar-refractivity contribution >= 4 is 39.5 Å². The maximum Gasteiger partial charge on any atom is 0.472 e. The molecule has 0 aliphatic rings. The van der Waals surface area contributed by atoms with E-state index in [1.807, 2.05) is 0 Å². The number of aliphatic hydroxyl groups is 1. The molecule has 0 aliphatic heterocycles. The van der Waals surface area contributed by atoms with Crippen LogP contribution < -0.4 is 0 Å². The Morgan fingerprint density at radius 1 is 0.260 bits per heavy atom. The van der Waals surface area contributed by atoms with Gasteiger partial charge in [0.15, 0.2) is 12.2 Å². The zero-order valence-electron chi connectivity index (χ0n) is 68.5. The van der Waals surface area contributed by atoms with E-state index in [-0.39, 0.29) is 25.7 Å². The number of phosphoric acid groups is 2. The molecule has 3 N–H and O–H groups in total. The molecule has 2 unspecified atom stereocenters. The summed E-state index contributed by atoms with van der Waals surface area (Å²) >= 11 is 0. The molecule has 0 aromatic carbocycles. The first-order valence-corrected chi connectivity index (χ1v) is 46.8. The second-order valence-corrected chi connectivity index (χ2v) is 34.9. The van der Waals surface area contributed by atoms with Gasteiger partial charge in [-0.25, -0.2) is 9.13 Å². The second-order valence-electron chi connectivity index (χ2n) is 32.0. The number of hydrogen-bond acceptors (Lipinski definition) is 15. The Hall–Kier alpha value is -1.94. The average molecular weight is 1520 g/mol.